The summed E-state index contributed by atoms with van der Waals surface area (Å²) < 4.78 is 0. The molecule has 0 bridgehead atoms. The van der Waals surface area contributed by atoms with Crippen LogP contribution in [0.4, 0.5) is 0 Å². The van der Waals surface area contributed by atoms with E-state index < -0.39 is 5.41 Å². The maximum atomic E-state index is 3.81. The third-order valence-corrected chi connectivity index (χ3v) is 9.57. The van der Waals surface area contributed by atoms with Crippen LogP contribution in [0.1, 0.15) is 52.8 Å². The second-order valence-electron chi connectivity index (χ2n) is 12.1. The summed E-state index contributed by atoms with van der Waals surface area (Å²) in [6.45, 7) is 6.48. The van der Waals surface area contributed by atoms with Gasteiger partial charge in [0.25, 0.3) is 0 Å². The van der Waals surface area contributed by atoms with E-state index in [1.54, 1.807) is 0 Å². The van der Waals surface area contributed by atoms with Gasteiger partial charge in [-0.3, -0.25) is 0 Å². The molecule has 4 aromatic carbocycles. The van der Waals surface area contributed by atoms with Crippen molar-refractivity contribution in [1.82, 2.24) is 10.6 Å². The highest BCUT2D eigenvalue weighted by Gasteiger charge is 2.50. The van der Waals surface area contributed by atoms with Crippen molar-refractivity contribution >= 4 is 16.8 Å². The van der Waals surface area contributed by atoms with Crippen molar-refractivity contribution in [3.63, 3.8) is 0 Å². The molecular weight excluding hydrogens is 508 g/mol. The Morgan fingerprint density at radius 1 is 0.643 bits per heavy atom. The van der Waals surface area contributed by atoms with Gasteiger partial charge in [-0.15, -0.1) is 0 Å². The molecule has 2 heteroatoms. The molecule has 42 heavy (non-hydrogen) atoms. The van der Waals surface area contributed by atoms with Gasteiger partial charge in [-0.1, -0.05) is 135 Å². The third-order valence-electron chi connectivity index (χ3n) is 9.57. The standard InChI is InChI=1S/C40H34N2/c1-39(2)34-22-13-25-42-38(34)36-30-18-6-8-20-32(30)40(28-15-4-3-5-16-28,33-21-9-7-19-31(33)37(36)39)29-17-12-14-27(26-29)35-23-10-11-24-41-35/h3-23,26,41-42H,24-25H2,1-2H3. The summed E-state index contributed by atoms with van der Waals surface area (Å²) in [5.74, 6) is 0. The molecule has 8 rings (SSSR count). The Morgan fingerprint density at radius 3 is 2.12 bits per heavy atom. The molecule has 2 aliphatic carbocycles. The number of fused-ring (bicyclic) bond motifs is 5. The van der Waals surface area contributed by atoms with Gasteiger partial charge in [0.15, 0.2) is 0 Å². The van der Waals surface area contributed by atoms with Gasteiger partial charge >= 0.3 is 0 Å². The lowest BCUT2D eigenvalue weighted by Crippen LogP contribution is -2.33. The number of nitrogens with one attached hydrogen (secondary N) is 2. The molecule has 2 nitrogen and oxygen atoms in total. The summed E-state index contributed by atoms with van der Waals surface area (Å²) in [5, 5.41) is 7.40. The van der Waals surface area contributed by atoms with E-state index in [1.165, 1.54) is 61.4 Å². The van der Waals surface area contributed by atoms with Crippen molar-refractivity contribution in [1.29, 1.82) is 0 Å². The lowest BCUT2D eigenvalue weighted by Gasteiger charge is -2.39. The monoisotopic (exact) mass is 542 g/mol. The fraction of sp³-hybridized carbons (Fsp3) is 0.150. The quantitative estimate of drug-likeness (QED) is 0.272. The number of dihydropyridines is 2. The molecule has 0 aromatic heterocycles. The van der Waals surface area contributed by atoms with Crippen LogP contribution in [-0.4, -0.2) is 13.1 Å². The van der Waals surface area contributed by atoms with Crippen LogP contribution in [-0.2, 0) is 5.41 Å². The normalized spacial score (nSPS) is 21.3. The Bertz CT molecular complexity index is 1900. The first kappa shape index (κ1) is 24.9. The first-order chi connectivity index (χ1) is 20.6. The van der Waals surface area contributed by atoms with Crippen LogP contribution < -0.4 is 10.6 Å². The van der Waals surface area contributed by atoms with Gasteiger partial charge in [-0.25, -0.2) is 0 Å². The van der Waals surface area contributed by atoms with Crippen molar-refractivity contribution in [2.24, 2.45) is 5.41 Å². The summed E-state index contributed by atoms with van der Waals surface area (Å²) in [5.41, 5.74) is 14.9. The highest BCUT2D eigenvalue weighted by molar-refractivity contribution is 6.08. The lowest BCUT2D eigenvalue weighted by molar-refractivity contribution is 0.614. The van der Waals surface area contributed by atoms with Crippen LogP contribution in [0.5, 0.6) is 0 Å². The first-order valence-electron chi connectivity index (χ1n) is 15.0. The molecule has 0 radical (unpaired) electrons. The number of rotatable bonds is 3. The maximum Gasteiger partial charge on any atom is 0.0713 e. The third kappa shape index (κ3) is 3.39. The minimum Gasteiger partial charge on any atom is -0.381 e. The molecule has 0 saturated carbocycles. The molecule has 2 N–H and O–H groups in total. The van der Waals surface area contributed by atoms with E-state index in [0.29, 0.717) is 0 Å². The smallest absolute Gasteiger partial charge is 0.0713 e. The predicted molar refractivity (Wildman–Crippen MR) is 175 cm³/mol. The lowest BCUT2D eigenvalue weighted by atomic mass is 9.62. The largest absolute Gasteiger partial charge is 0.381 e. The molecule has 0 saturated heterocycles. The van der Waals surface area contributed by atoms with Crippen molar-refractivity contribution in [2.45, 2.75) is 19.3 Å². The Morgan fingerprint density at radius 2 is 1.33 bits per heavy atom. The van der Waals surface area contributed by atoms with E-state index in [2.05, 4.69) is 158 Å². The topological polar surface area (TPSA) is 24.1 Å². The van der Waals surface area contributed by atoms with Crippen LogP contribution >= 0.6 is 0 Å². The van der Waals surface area contributed by atoms with Crippen molar-refractivity contribution in [3.8, 4) is 0 Å². The number of hydrogen-bond acceptors (Lipinski definition) is 2. The number of benzene rings is 4. The summed E-state index contributed by atoms with van der Waals surface area (Å²) >= 11 is 0. The molecule has 204 valence electrons. The summed E-state index contributed by atoms with van der Waals surface area (Å²) in [6.07, 6.45) is 11.1. The number of allylic oxidation sites excluding steroid dienone is 6. The Hall–Kier alpha value is -4.82. The zero-order valence-electron chi connectivity index (χ0n) is 24.1. The van der Waals surface area contributed by atoms with Crippen molar-refractivity contribution in [2.75, 3.05) is 13.1 Å². The number of hydrogen-bond donors (Lipinski definition) is 2. The minimum atomic E-state index is -0.527. The van der Waals surface area contributed by atoms with Crippen LogP contribution in [0, 0.1) is 5.41 Å². The van der Waals surface area contributed by atoms with E-state index in [9.17, 15) is 0 Å². The molecule has 2 aliphatic heterocycles. The van der Waals surface area contributed by atoms with Gasteiger partial charge in [0.1, 0.15) is 0 Å². The molecule has 1 unspecified atom stereocenters. The Balaban J connectivity index is 1.53. The van der Waals surface area contributed by atoms with Gasteiger partial charge in [0.05, 0.1) is 5.41 Å². The van der Waals surface area contributed by atoms with Gasteiger partial charge in [-0.05, 0) is 62.2 Å². The van der Waals surface area contributed by atoms with Crippen LogP contribution in [0.25, 0.3) is 16.8 Å². The van der Waals surface area contributed by atoms with Gasteiger partial charge in [-0.2, -0.15) is 0 Å². The van der Waals surface area contributed by atoms with Gasteiger partial charge < -0.3 is 10.6 Å². The maximum absolute atomic E-state index is 3.81. The van der Waals surface area contributed by atoms with E-state index in [1.807, 2.05) is 0 Å². The molecular formula is C40H34N2. The predicted octanol–water partition coefficient (Wildman–Crippen LogP) is 8.25. The second-order valence-corrected chi connectivity index (χ2v) is 12.1. The van der Waals surface area contributed by atoms with Crippen LogP contribution in [0.3, 0.4) is 0 Å². The van der Waals surface area contributed by atoms with Crippen molar-refractivity contribution in [3.05, 3.63) is 184 Å². The fourth-order valence-corrected chi connectivity index (χ4v) is 7.83. The molecule has 0 fully saturated rings. The molecule has 4 aromatic rings. The zero-order valence-corrected chi connectivity index (χ0v) is 24.1. The zero-order chi connectivity index (χ0) is 28.3. The summed E-state index contributed by atoms with van der Waals surface area (Å²) in [4.78, 5) is 0. The fourth-order valence-electron chi connectivity index (χ4n) is 7.83. The first-order valence-corrected chi connectivity index (χ1v) is 15.0. The van der Waals surface area contributed by atoms with Gasteiger partial charge in [0, 0.05) is 35.5 Å². The molecule has 2 heterocycles. The SMILES string of the molecule is CC1(C)C2=C(NCC=C2)C2=C1c1ccccc1C(c1ccccc1)(c1cccc(C3=CC=CCN3)c1)c1ccccc12. The van der Waals surface area contributed by atoms with E-state index in [-0.39, 0.29) is 5.41 Å². The average molecular weight is 543 g/mol. The summed E-state index contributed by atoms with van der Waals surface area (Å²) in [6, 6.07) is 38.6. The minimum absolute atomic E-state index is 0.157. The Labute approximate surface area is 248 Å². The average Bonchev–Trinajstić information content (AvgIpc) is 3.21. The molecule has 0 amide bonds. The second kappa shape index (κ2) is 9.36. The van der Waals surface area contributed by atoms with E-state index >= 15 is 0 Å². The van der Waals surface area contributed by atoms with Crippen LogP contribution in [0.2, 0.25) is 0 Å². The van der Waals surface area contributed by atoms with Crippen molar-refractivity contribution < 1.29 is 0 Å². The van der Waals surface area contributed by atoms with E-state index in [0.717, 1.165) is 18.8 Å². The van der Waals surface area contributed by atoms with Crippen LogP contribution in [0.15, 0.2) is 145 Å². The summed E-state index contributed by atoms with van der Waals surface area (Å²) in [7, 11) is 0. The molecule has 1 atom stereocenters. The highest BCUT2D eigenvalue weighted by atomic mass is 14.9. The Kier molecular flexibility index (Phi) is 5.55. The van der Waals surface area contributed by atoms with Gasteiger partial charge in [0.2, 0.25) is 0 Å². The highest BCUT2D eigenvalue weighted by Crippen LogP contribution is 2.61. The van der Waals surface area contributed by atoms with E-state index in [4.69, 9.17) is 0 Å². The molecule has 0 spiro atoms. The molecule has 4 aliphatic rings.